The van der Waals surface area contributed by atoms with Crippen LogP contribution in [-0.4, -0.2) is 29.8 Å². The van der Waals surface area contributed by atoms with Crippen molar-refractivity contribution in [2.24, 2.45) is 0 Å². The first kappa shape index (κ1) is 18.2. The zero-order valence-corrected chi connectivity index (χ0v) is 14.8. The SMILES string of the molecule is CC(=O)N(CC(=O)NCCC1=CCCCC1)Cc1cccc(C)c1. The fourth-order valence-corrected chi connectivity index (χ4v) is 3.03. The van der Waals surface area contributed by atoms with Gasteiger partial charge < -0.3 is 10.2 Å². The molecule has 0 bridgehead atoms. The molecule has 1 aromatic carbocycles. The minimum atomic E-state index is -0.0886. The molecule has 0 aromatic heterocycles. The summed E-state index contributed by atoms with van der Waals surface area (Å²) < 4.78 is 0. The predicted octanol–water partition coefficient (Wildman–Crippen LogP) is 3.35. The molecule has 0 atom stereocenters. The van der Waals surface area contributed by atoms with E-state index in [-0.39, 0.29) is 18.4 Å². The summed E-state index contributed by atoms with van der Waals surface area (Å²) in [7, 11) is 0. The lowest BCUT2D eigenvalue weighted by Gasteiger charge is -2.21. The Kier molecular flexibility index (Phi) is 7.04. The minimum Gasteiger partial charge on any atom is -0.354 e. The zero-order chi connectivity index (χ0) is 17.4. The number of hydrogen-bond acceptors (Lipinski definition) is 2. The molecular formula is C20H28N2O2. The van der Waals surface area contributed by atoms with Crippen molar-refractivity contribution in [2.45, 2.75) is 52.5 Å². The number of allylic oxidation sites excluding steroid dienone is 1. The van der Waals surface area contributed by atoms with Gasteiger partial charge in [0.25, 0.3) is 0 Å². The van der Waals surface area contributed by atoms with Crippen molar-refractivity contribution in [3.05, 3.63) is 47.0 Å². The first-order valence-corrected chi connectivity index (χ1v) is 8.80. The highest BCUT2D eigenvalue weighted by Gasteiger charge is 2.14. The molecule has 1 aliphatic rings. The van der Waals surface area contributed by atoms with Crippen molar-refractivity contribution in [1.82, 2.24) is 10.2 Å². The molecule has 0 unspecified atom stereocenters. The van der Waals surface area contributed by atoms with Gasteiger partial charge in [-0.25, -0.2) is 0 Å². The highest BCUT2D eigenvalue weighted by atomic mass is 16.2. The predicted molar refractivity (Wildman–Crippen MR) is 96.4 cm³/mol. The Hall–Kier alpha value is -2.10. The Balaban J connectivity index is 1.80. The van der Waals surface area contributed by atoms with Crippen LogP contribution in [0.3, 0.4) is 0 Å². The Morgan fingerprint density at radius 2 is 2.08 bits per heavy atom. The zero-order valence-electron chi connectivity index (χ0n) is 14.8. The van der Waals surface area contributed by atoms with E-state index in [2.05, 4.69) is 11.4 Å². The second kappa shape index (κ2) is 9.26. The number of amides is 2. The molecule has 0 aliphatic heterocycles. The van der Waals surface area contributed by atoms with E-state index in [1.807, 2.05) is 31.2 Å². The highest BCUT2D eigenvalue weighted by molar-refractivity contribution is 5.83. The van der Waals surface area contributed by atoms with Crippen molar-refractivity contribution in [2.75, 3.05) is 13.1 Å². The van der Waals surface area contributed by atoms with E-state index in [1.54, 1.807) is 4.90 Å². The molecule has 1 aromatic rings. The maximum Gasteiger partial charge on any atom is 0.239 e. The van der Waals surface area contributed by atoms with Crippen molar-refractivity contribution >= 4 is 11.8 Å². The van der Waals surface area contributed by atoms with Gasteiger partial charge in [-0.15, -0.1) is 0 Å². The van der Waals surface area contributed by atoms with Gasteiger partial charge in [-0.05, 0) is 44.6 Å². The van der Waals surface area contributed by atoms with E-state index >= 15 is 0 Å². The smallest absolute Gasteiger partial charge is 0.239 e. The standard InChI is InChI=1S/C20H28N2O2/c1-16-7-6-10-19(13-16)14-22(17(2)23)15-20(24)21-12-11-18-8-4-3-5-9-18/h6-8,10,13H,3-5,9,11-12,14-15H2,1-2H3,(H,21,24). The Morgan fingerprint density at radius 3 is 2.75 bits per heavy atom. The molecule has 0 saturated heterocycles. The number of benzene rings is 1. The van der Waals surface area contributed by atoms with E-state index in [4.69, 9.17) is 0 Å². The minimum absolute atomic E-state index is 0.0818. The van der Waals surface area contributed by atoms with Crippen LogP contribution < -0.4 is 5.32 Å². The lowest BCUT2D eigenvalue weighted by Crippen LogP contribution is -2.39. The van der Waals surface area contributed by atoms with Gasteiger partial charge in [0.2, 0.25) is 11.8 Å². The van der Waals surface area contributed by atoms with Gasteiger partial charge in [-0.3, -0.25) is 9.59 Å². The molecule has 4 nitrogen and oxygen atoms in total. The molecule has 1 aliphatic carbocycles. The molecule has 2 rings (SSSR count). The lowest BCUT2D eigenvalue weighted by molar-refractivity contribution is -0.134. The van der Waals surface area contributed by atoms with Crippen molar-refractivity contribution in [1.29, 1.82) is 0 Å². The number of nitrogens with one attached hydrogen (secondary N) is 1. The van der Waals surface area contributed by atoms with E-state index in [0.717, 1.165) is 30.4 Å². The molecule has 4 heteroatoms. The van der Waals surface area contributed by atoms with Crippen molar-refractivity contribution < 1.29 is 9.59 Å². The summed E-state index contributed by atoms with van der Waals surface area (Å²) in [5, 5.41) is 2.94. The summed E-state index contributed by atoms with van der Waals surface area (Å²) >= 11 is 0. The average Bonchev–Trinajstić information content (AvgIpc) is 2.55. The number of hydrogen-bond donors (Lipinski definition) is 1. The van der Waals surface area contributed by atoms with Gasteiger partial charge in [0.15, 0.2) is 0 Å². The number of carbonyl (C=O) groups is 2. The third-order valence-corrected chi connectivity index (χ3v) is 4.39. The molecule has 0 heterocycles. The maximum atomic E-state index is 12.1. The highest BCUT2D eigenvalue weighted by Crippen LogP contribution is 2.19. The largest absolute Gasteiger partial charge is 0.354 e. The van der Waals surface area contributed by atoms with Crippen LogP contribution in [0.1, 0.15) is 50.2 Å². The van der Waals surface area contributed by atoms with E-state index in [0.29, 0.717) is 13.1 Å². The second-order valence-corrected chi connectivity index (χ2v) is 6.57. The average molecular weight is 328 g/mol. The molecule has 2 amide bonds. The second-order valence-electron chi connectivity index (χ2n) is 6.57. The first-order chi connectivity index (χ1) is 11.5. The molecule has 0 radical (unpaired) electrons. The van der Waals surface area contributed by atoms with Gasteiger partial charge in [0, 0.05) is 20.0 Å². The van der Waals surface area contributed by atoms with Gasteiger partial charge in [-0.1, -0.05) is 41.5 Å². The molecule has 1 N–H and O–H groups in total. The Bertz CT molecular complexity index is 607. The van der Waals surface area contributed by atoms with Crippen LogP contribution in [-0.2, 0) is 16.1 Å². The van der Waals surface area contributed by atoms with Crippen molar-refractivity contribution in [3.8, 4) is 0 Å². The van der Waals surface area contributed by atoms with Crippen molar-refractivity contribution in [3.63, 3.8) is 0 Å². The van der Waals surface area contributed by atoms with E-state index < -0.39 is 0 Å². The summed E-state index contributed by atoms with van der Waals surface area (Å²) in [6.07, 6.45) is 8.08. The summed E-state index contributed by atoms with van der Waals surface area (Å²) in [4.78, 5) is 25.5. The van der Waals surface area contributed by atoms with Crippen LogP contribution in [0.4, 0.5) is 0 Å². The van der Waals surface area contributed by atoms with Crippen LogP contribution in [0.25, 0.3) is 0 Å². The van der Waals surface area contributed by atoms with Crippen LogP contribution >= 0.6 is 0 Å². The number of aryl methyl sites for hydroxylation is 1. The summed E-state index contributed by atoms with van der Waals surface area (Å²) in [5.74, 6) is -0.170. The monoisotopic (exact) mass is 328 g/mol. The molecule has 24 heavy (non-hydrogen) atoms. The summed E-state index contributed by atoms with van der Waals surface area (Å²) in [6.45, 7) is 4.77. The van der Waals surface area contributed by atoms with Gasteiger partial charge in [-0.2, -0.15) is 0 Å². The quantitative estimate of drug-likeness (QED) is 0.780. The van der Waals surface area contributed by atoms with Crippen LogP contribution in [0.5, 0.6) is 0 Å². The van der Waals surface area contributed by atoms with Crippen LogP contribution in [0.15, 0.2) is 35.9 Å². The first-order valence-electron chi connectivity index (χ1n) is 8.80. The fraction of sp³-hybridized carbons (Fsp3) is 0.500. The van der Waals surface area contributed by atoms with Gasteiger partial charge >= 0.3 is 0 Å². The number of nitrogens with zero attached hydrogens (tertiary/aromatic N) is 1. The summed E-state index contributed by atoms with van der Waals surface area (Å²) in [5.41, 5.74) is 3.65. The Morgan fingerprint density at radius 1 is 1.25 bits per heavy atom. The summed E-state index contributed by atoms with van der Waals surface area (Å²) in [6, 6.07) is 8.02. The number of rotatable bonds is 7. The molecule has 0 saturated carbocycles. The molecular weight excluding hydrogens is 300 g/mol. The normalized spacial score (nSPS) is 14.0. The van der Waals surface area contributed by atoms with E-state index in [1.165, 1.54) is 25.3 Å². The topological polar surface area (TPSA) is 49.4 Å². The van der Waals surface area contributed by atoms with Gasteiger partial charge in [0.1, 0.15) is 0 Å². The Labute approximate surface area is 144 Å². The molecule has 130 valence electrons. The van der Waals surface area contributed by atoms with Crippen LogP contribution in [0, 0.1) is 6.92 Å². The number of carbonyl (C=O) groups excluding carboxylic acids is 2. The van der Waals surface area contributed by atoms with E-state index in [9.17, 15) is 9.59 Å². The molecule has 0 fully saturated rings. The maximum absolute atomic E-state index is 12.1. The fourth-order valence-electron chi connectivity index (χ4n) is 3.03. The van der Waals surface area contributed by atoms with Gasteiger partial charge in [0.05, 0.1) is 6.54 Å². The lowest BCUT2D eigenvalue weighted by atomic mass is 9.97. The third kappa shape index (κ3) is 6.19. The molecule has 0 spiro atoms. The van der Waals surface area contributed by atoms with Crippen LogP contribution in [0.2, 0.25) is 0 Å². The third-order valence-electron chi connectivity index (χ3n) is 4.39.